The number of carbonyl (C=O) groups excluding carboxylic acids is 1. The van der Waals surface area contributed by atoms with Crippen LogP contribution >= 0.6 is 11.8 Å². The Hall–Kier alpha value is -2.00. The van der Waals surface area contributed by atoms with Crippen LogP contribution in [-0.4, -0.2) is 23.1 Å². The molecule has 0 saturated carbocycles. The molecular formula is C13H14N2O3S. The molecule has 0 fully saturated rings. The Morgan fingerprint density at radius 2 is 2.32 bits per heavy atom. The second kappa shape index (κ2) is 7.44. The molecule has 0 saturated heterocycles. The maximum Gasteiger partial charge on any atom is 0.270 e. The van der Waals surface area contributed by atoms with E-state index >= 15 is 0 Å². The molecule has 0 unspecified atom stereocenters. The summed E-state index contributed by atoms with van der Waals surface area (Å²) < 4.78 is 0. The third-order valence-corrected chi connectivity index (χ3v) is 3.51. The zero-order valence-electron chi connectivity index (χ0n) is 10.5. The van der Waals surface area contributed by atoms with E-state index in [9.17, 15) is 14.9 Å². The smallest absolute Gasteiger partial charge is 0.270 e. The van der Waals surface area contributed by atoms with Gasteiger partial charge in [0.15, 0.2) is 0 Å². The SMILES string of the molecule is C#CCNC(=O)c1cc([N+](=O)[O-])ccc1SCCC. The number of hydrogen-bond acceptors (Lipinski definition) is 4. The third-order valence-electron chi connectivity index (χ3n) is 2.23. The number of thioether (sulfide) groups is 1. The molecule has 0 aromatic heterocycles. The molecule has 0 atom stereocenters. The van der Waals surface area contributed by atoms with E-state index in [1.807, 2.05) is 6.92 Å². The molecule has 1 rings (SSSR count). The highest BCUT2D eigenvalue weighted by atomic mass is 32.2. The minimum absolute atomic E-state index is 0.0966. The number of terminal acetylenes is 1. The van der Waals surface area contributed by atoms with Crippen LogP contribution in [0.2, 0.25) is 0 Å². The Labute approximate surface area is 115 Å². The van der Waals surface area contributed by atoms with Crippen molar-refractivity contribution in [3.05, 3.63) is 33.9 Å². The molecule has 6 heteroatoms. The molecule has 5 nitrogen and oxygen atoms in total. The largest absolute Gasteiger partial charge is 0.341 e. The number of carbonyl (C=O) groups is 1. The van der Waals surface area contributed by atoms with Gasteiger partial charge in [-0.15, -0.1) is 18.2 Å². The van der Waals surface area contributed by atoms with Gasteiger partial charge in [0.1, 0.15) is 0 Å². The normalized spacial score (nSPS) is 9.68. The number of amides is 1. The standard InChI is InChI=1S/C13H14N2O3S/c1-3-7-14-13(16)11-9-10(15(17)18)5-6-12(11)19-8-4-2/h1,5-6,9H,4,7-8H2,2H3,(H,14,16). The molecule has 0 bridgehead atoms. The first-order valence-corrected chi connectivity index (χ1v) is 6.71. The Morgan fingerprint density at radius 1 is 1.58 bits per heavy atom. The zero-order chi connectivity index (χ0) is 14.3. The van der Waals surface area contributed by atoms with Gasteiger partial charge in [-0.05, 0) is 18.2 Å². The van der Waals surface area contributed by atoms with Crippen molar-refractivity contribution in [1.82, 2.24) is 5.32 Å². The molecule has 100 valence electrons. The van der Waals surface area contributed by atoms with Crippen LogP contribution in [-0.2, 0) is 0 Å². The molecular weight excluding hydrogens is 264 g/mol. The zero-order valence-corrected chi connectivity index (χ0v) is 11.3. The summed E-state index contributed by atoms with van der Waals surface area (Å²) in [5.41, 5.74) is 0.189. The molecule has 19 heavy (non-hydrogen) atoms. The number of hydrogen-bond donors (Lipinski definition) is 1. The maximum absolute atomic E-state index is 11.9. The number of nitro groups is 1. The van der Waals surface area contributed by atoms with E-state index in [0.29, 0.717) is 5.56 Å². The van der Waals surface area contributed by atoms with E-state index in [-0.39, 0.29) is 18.1 Å². The fraction of sp³-hybridized carbons (Fsp3) is 0.308. The molecule has 1 aromatic carbocycles. The van der Waals surface area contributed by atoms with Crippen molar-refractivity contribution in [2.75, 3.05) is 12.3 Å². The lowest BCUT2D eigenvalue weighted by molar-refractivity contribution is -0.384. The molecule has 0 aliphatic rings. The summed E-state index contributed by atoms with van der Waals surface area (Å²) in [6, 6.07) is 4.28. The first-order chi connectivity index (χ1) is 9.10. The van der Waals surface area contributed by atoms with Crippen LogP contribution in [0, 0.1) is 22.5 Å². The fourth-order valence-electron chi connectivity index (χ4n) is 1.37. The van der Waals surface area contributed by atoms with Gasteiger partial charge in [0.2, 0.25) is 0 Å². The van der Waals surface area contributed by atoms with Gasteiger partial charge in [0.25, 0.3) is 11.6 Å². The molecule has 0 aliphatic carbocycles. The van der Waals surface area contributed by atoms with Crippen molar-refractivity contribution < 1.29 is 9.72 Å². The molecule has 1 N–H and O–H groups in total. The summed E-state index contributed by atoms with van der Waals surface area (Å²) >= 11 is 1.49. The minimum Gasteiger partial charge on any atom is -0.341 e. The van der Waals surface area contributed by atoms with Gasteiger partial charge in [-0.25, -0.2) is 0 Å². The Kier molecular flexibility index (Phi) is 5.90. The Bertz CT molecular complexity index is 523. The second-order valence-electron chi connectivity index (χ2n) is 3.67. The van der Waals surface area contributed by atoms with E-state index in [0.717, 1.165) is 17.1 Å². The van der Waals surface area contributed by atoms with E-state index in [2.05, 4.69) is 11.2 Å². The number of benzene rings is 1. The predicted molar refractivity (Wildman–Crippen MR) is 75.3 cm³/mol. The van der Waals surface area contributed by atoms with Gasteiger partial charge in [-0.1, -0.05) is 12.8 Å². The molecule has 0 radical (unpaired) electrons. The summed E-state index contributed by atoms with van der Waals surface area (Å²) in [7, 11) is 0. The number of rotatable bonds is 6. The topological polar surface area (TPSA) is 72.2 Å². The van der Waals surface area contributed by atoms with E-state index < -0.39 is 4.92 Å². The summed E-state index contributed by atoms with van der Waals surface area (Å²) in [4.78, 5) is 22.9. The quantitative estimate of drug-likeness (QED) is 0.375. The van der Waals surface area contributed by atoms with Gasteiger partial charge in [-0.2, -0.15) is 0 Å². The molecule has 0 spiro atoms. The van der Waals surface area contributed by atoms with Crippen LogP contribution in [0.1, 0.15) is 23.7 Å². The maximum atomic E-state index is 11.9. The Morgan fingerprint density at radius 3 is 2.89 bits per heavy atom. The Balaban J connectivity index is 3.06. The van der Waals surface area contributed by atoms with Crippen LogP contribution in [0.25, 0.3) is 0 Å². The monoisotopic (exact) mass is 278 g/mol. The van der Waals surface area contributed by atoms with Crippen LogP contribution in [0.4, 0.5) is 5.69 Å². The summed E-state index contributed by atoms with van der Waals surface area (Å²) in [6.45, 7) is 2.12. The van der Waals surface area contributed by atoms with Gasteiger partial charge >= 0.3 is 0 Å². The first kappa shape index (κ1) is 15.1. The van der Waals surface area contributed by atoms with Crippen molar-refractivity contribution in [3.8, 4) is 12.3 Å². The summed E-state index contributed by atoms with van der Waals surface area (Å²) in [5.74, 6) is 2.75. The van der Waals surface area contributed by atoms with Crippen molar-refractivity contribution in [2.24, 2.45) is 0 Å². The highest BCUT2D eigenvalue weighted by molar-refractivity contribution is 7.99. The number of nitro benzene ring substituents is 1. The van der Waals surface area contributed by atoms with Crippen molar-refractivity contribution in [2.45, 2.75) is 18.2 Å². The number of non-ortho nitro benzene ring substituents is 1. The molecule has 1 amide bonds. The highest BCUT2D eigenvalue weighted by Crippen LogP contribution is 2.27. The number of nitrogens with zero attached hydrogens (tertiary/aromatic N) is 1. The minimum atomic E-state index is -0.522. The summed E-state index contributed by atoms with van der Waals surface area (Å²) in [6.07, 6.45) is 6.02. The average molecular weight is 278 g/mol. The van der Waals surface area contributed by atoms with Crippen molar-refractivity contribution >= 4 is 23.4 Å². The second-order valence-corrected chi connectivity index (χ2v) is 4.81. The molecule has 0 heterocycles. The fourth-order valence-corrected chi connectivity index (χ4v) is 2.27. The van der Waals surface area contributed by atoms with E-state index in [1.54, 1.807) is 6.07 Å². The van der Waals surface area contributed by atoms with E-state index in [4.69, 9.17) is 6.42 Å². The van der Waals surface area contributed by atoms with Gasteiger partial charge in [0.05, 0.1) is 17.0 Å². The van der Waals surface area contributed by atoms with Crippen molar-refractivity contribution in [1.29, 1.82) is 0 Å². The number of nitrogens with one attached hydrogen (secondary N) is 1. The van der Waals surface area contributed by atoms with Crippen molar-refractivity contribution in [3.63, 3.8) is 0 Å². The third kappa shape index (κ3) is 4.30. The summed E-state index contributed by atoms with van der Waals surface area (Å²) in [5, 5.41) is 13.3. The average Bonchev–Trinajstić information content (AvgIpc) is 2.42. The van der Waals surface area contributed by atoms with Gasteiger partial charge in [-0.3, -0.25) is 14.9 Å². The first-order valence-electron chi connectivity index (χ1n) is 5.73. The lowest BCUT2D eigenvalue weighted by Crippen LogP contribution is -2.24. The predicted octanol–water partition coefficient (Wildman–Crippen LogP) is 2.46. The highest BCUT2D eigenvalue weighted by Gasteiger charge is 2.16. The molecule has 1 aromatic rings. The van der Waals surface area contributed by atoms with Gasteiger partial charge in [0, 0.05) is 17.0 Å². The van der Waals surface area contributed by atoms with Crippen LogP contribution in [0.3, 0.4) is 0 Å². The van der Waals surface area contributed by atoms with E-state index in [1.165, 1.54) is 23.9 Å². The van der Waals surface area contributed by atoms with Crippen LogP contribution in [0.5, 0.6) is 0 Å². The molecule has 0 aliphatic heterocycles. The van der Waals surface area contributed by atoms with Gasteiger partial charge < -0.3 is 5.32 Å². The lowest BCUT2D eigenvalue weighted by Gasteiger charge is -2.08. The lowest BCUT2D eigenvalue weighted by atomic mass is 10.2. The van der Waals surface area contributed by atoms with Crippen LogP contribution in [0.15, 0.2) is 23.1 Å². The van der Waals surface area contributed by atoms with Crippen LogP contribution < -0.4 is 5.32 Å².